The van der Waals surface area contributed by atoms with Crippen LogP contribution in [-0.4, -0.2) is 5.78 Å². The molecule has 0 N–H and O–H groups in total. The van der Waals surface area contributed by atoms with Crippen molar-refractivity contribution in [3.05, 3.63) is 28.0 Å². The molecule has 0 atom stereocenters. The first-order chi connectivity index (χ1) is 5.79. The van der Waals surface area contributed by atoms with E-state index in [9.17, 15) is 4.79 Å². The molecule has 2 rings (SSSR count). The molecule has 1 nitrogen and oxygen atoms in total. The Morgan fingerprint density at radius 2 is 2.25 bits per heavy atom. The average molecular weight is 178 g/mol. The number of carbonyl (C=O) groups excluding carboxylic acids is 1. The van der Waals surface area contributed by atoms with E-state index >= 15 is 0 Å². The van der Waals surface area contributed by atoms with Crippen LogP contribution in [0.2, 0.25) is 0 Å². The van der Waals surface area contributed by atoms with E-state index in [2.05, 4.69) is 6.92 Å². The van der Waals surface area contributed by atoms with Gasteiger partial charge in [0.2, 0.25) is 0 Å². The van der Waals surface area contributed by atoms with Gasteiger partial charge >= 0.3 is 0 Å². The van der Waals surface area contributed by atoms with Gasteiger partial charge in [0, 0.05) is 16.9 Å². The summed E-state index contributed by atoms with van der Waals surface area (Å²) in [5.41, 5.74) is 2.23. The molecule has 1 aromatic heterocycles. The van der Waals surface area contributed by atoms with E-state index in [0.717, 1.165) is 16.9 Å². The summed E-state index contributed by atoms with van der Waals surface area (Å²) in [7, 11) is 0. The molecule has 1 aromatic rings. The maximum atomic E-state index is 11.4. The minimum atomic E-state index is 0.315. The second-order valence-electron chi connectivity index (χ2n) is 3.06. The highest BCUT2D eigenvalue weighted by atomic mass is 32.1. The minimum absolute atomic E-state index is 0.315. The number of Topliss-reactive ketones (excluding diaryl/α,β-unsaturated/α-hetero) is 1. The lowest BCUT2D eigenvalue weighted by Gasteiger charge is -1.96. The van der Waals surface area contributed by atoms with Crippen molar-refractivity contribution < 1.29 is 4.79 Å². The Bertz CT molecular complexity index is 333. The first-order valence-electron chi connectivity index (χ1n) is 4.06. The molecule has 1 heterocycles. The first-order valence-corrected chi connectivity index (χ1v) is 4.94. The van der Waals surface area contributed by atoms with Crippen molar-refractivity contribution in [3.8, 4) is 0 Å². The molecule has 0 unspecified atom stereocenters. The number of ketones is 1. The van der Waals surface area contributed by atoms with Gasteiger partial charge in [0.15, 0.2) is 5.78 Å². The molecule has 0 saturated carbocycles. The van der Waals surface area contributed by atoms with Gasteiger partial charge in [-0.25, -0.2) is 0 Å². The van der Waals surface area contributed by atoms with Crippen molar-refractivity contribution >= 4 is 22.7 Å². The quantitative estimate of drug-likeness (QED) is 0.646. The summed E-state index contributed by atoms with van der Waals surface area (Å²) >= 11 is 1.65. The molecule has 1 aliphatic carbocycles. The number of thiophene rings is 1. The van der Waals surface area contributed by atoms with Gasteiger partial charge in [0.25, 0.3) is 0 Å². The lowest BCUT2D eigenvalue weighted by atomic mass is 10.1. The van der Waals surface area contributed by atoms with Crippen LogP contribution in [-0.2, 0) is 4.79 Å². The van der Waals surface area contributed by atoms with Crippen molar-refractivity contribution in [2.24, 2.45) is 0 Å². The van der Waals surface area contributed by atoms with Gasteiger partial charge < -0.3 is 0 Å². The molecule has 12 heavy (non-hydrogen) atoms. The summed E-state index contributed by atoms with van der Waals surface area (Å²) in [6.07, 6.45) is 1.66. The van der Waals surface area contributed by atoms with Gasteiger partial charge in [-0.3, -0.25) is 4.79 Å². The van der Waals surface area contributed by atoms with Crippen molar-refractivity contribution in [1.29, 1.82) is 0 Å². The van der Waals surface area contributed by atoms with Crippen LogP contribution in [0.15, 0.2) is 23.1 Å². The molecular weight excluding hydrogens is 168 g/mol. The van der Waals surface area contributed by atoms with Crippen LogP contribution >= 0.6 is 11.3 Å². The minimum Gasteiger partial charge on any atom is -0.294 e. The predicted octanol–water partition coefficient (Wildman–Crippen LogP) is 2.88. The molecule has 2 heteroatoms. The Kier molecular flexibility index (Phi) is 1.85. The standard InChI is InChI=1S/C10H10OS/c1-7-4-5-8(11)10(7)9-3-2-6-12-9/h2-3,6H,4-5H2,1H3. The number of allylic oxidation sites excluding steroid dienone is 2. The third-order valence-corrected chi connectivity index (χ3v) is 3.09. The number of carbonyl (C=O) groups is 1. The van der Waals surface area contributed by atoms with Crippen molar-refractivity contribution in [1.82, 2.24) is 0 Å². The maximum absolute atomic E-state index is 11.4. The summed E-state index contributed by atoms with van der Waals surface area (Å²) in [5.74, 6) is 0.315. The highest BCUT2D eigenvalue weighted by Crippen LogP contribution is 2.32. The van der Waals surface area contributed by atoms with Gasteiger partial charge in [-0.2, -0.15) is 0 Å². The summed E-state index contributed by atoms with van der Waals surface area (Å²) in [6.45, 7) is 2.06. The van der Waals surface area contributed by atoms with E-state index in [4.69, 9.17) is 0 Å². The number of hydrogen-bond acceptors (Lipinski definition) is 2. The predicted molar refractivity (Wildman–Crippen MR) is 51.2 cm³/mol. The highest BCUT2D eigenvalue weighted by Gasteiger charge is 2.21. The molecule has 1 aliphatic rings. The van der Waals surface area contributed by atoms with Crippen LogP contribution in [0.4, 0.5) is 0 Å². The third kappa shape index (κ3) is 1.12. The van der Waals surface area contributed by atoms with Gasteiger partial charge in [-0.15, -0.1) is 11.3 Å². The van der Waals surface area contributed by atoms with Crippen LogP contribution in [0.1, 0.15) is 24.6 Å². The van der Waals surface area contributed by atoms with Gasteiger partial charge in [0.1, 0.15) is 0 Å². The third-order valence-electron chi connectivity index (χ3n) is 2.20. The van der Waals surface area contributed by atoms with Crippen LogP contribution in [0.3, 0.4) is 0 Å². The van der Waals surface area contributed by atoms with E-state index in [1.54, 1.807) is 11.3 Å². The molecule has 0 amide bonds. The van der Waals surface area contributed by atoms with E-state index in [1.807, 2.05) is 17.5 Å². The molecule has 62 valence electrons. The van der Waals surface area contributed by atoms with Crippen molar-refractivity contribution in [2.75, 3.05) is 0 Å². The van der Waals surface area contributed by atoms with Crippen LogP contribution < -0.4 is 0 Å². The highest BCUT2D eigenvalue weighted by molar-refractivity contribution is 7.11. The topological polar surface area (TPSA) is 17.1 Å². The number of rotatable bonds is 1. The normalized spacial score (nSPS) is 17.6. The summed E-state index contributed by atoms with van der Waals surface area (Å²) in [6, 6.07) is 4.01. The number of hydrogen-bond donors (Lipinski definition) is 0. The summed E-state index contributed by atoms with van der Waals surface area (Å²) in [4.78, 5) is 12.6. The van der Waals surface area contributed by atoms with Gasteiger partial charge in [-0.05, 0) is 24.8 Å². The first kappa shape index (κ1) is 7.74. The zero-order valence-electron chi connectivity index (χ0n) is 6.96. The summed E-state index contributed by atoms with van der Waals surface area (Å²) < 4.78 is 0. The van der Waals surface area contributed by atoms with Crippen LogP contribution in [0.25, 0.3) is 5.57 Å². The van der Waals surface area contributed by atoms with E-state index in [1.165, 1.54) is 5.57 Å². The lowest BCUT2D eigenvalue weighted by molar-refractivity contribution is -0.113. The Balaban J connectivity index is 2.47. The monoisotopic (exact) mass is 178 g/mol. The second kappa shape index (κ2) is 2.87. The van der Waals surface area contributed by atoms with Crippen molar-refractivity contribution in [2.45, 2.75) is 19.8 Å². The van der Waals surface area contributed by atoms with Gasteiger partial charge in [0.05, 0.1) is 0 Å². The van der Waals surface area contributed by atoms with E-state index < -0.39 is 0 Å². The molecule has 0 bridgehead atoms. The van der Waals surface area contributed by atoms with Crippen LogP contribution in [0.5, 0.6) is 0 Å². The SMILES string of the molecule is CC1=C(c2cccs2)C(=O)CC1. The molecular formula is C10H10OS. The smallest absolute Gasteiger partial charge is 0.164 e. The fourth-order valence-electron chi connectivity index (χ4n) is 1.56. The Morgan fingerprint density at radius 3 is 2.75 bits per heavy atom. The van der Waals surface area contributed by atoms with Gasteiger partial charge in [-0.1, -0.05) is 11.6 Å². The fourth-order valence-corrected chi connectivity index (χ4v) is 2.42. The van der Waals surface area contributed by atoms with E-state index in [0.29, 0.717) is 12.2 Å². The zero-order chi connectivity index (χ0) is 8.55. The maximum Gasteiger partial charge on any atom is 0.164 e. The fraction of sp³-hybridized carbons (Fsp3) is 0.300. The van der Waals surface area contributed by atoms with Crippen LogP contribution in [0, 0.1) is 0 Å². The molecule has 0 fully saturated rings. The molecule has 0 aromatic carbocycles. The Hall–Kier alpha value is -0.890. The second-order valence-corrected chi connectivity index (χ2v) is 4.00. The van der Waals surface area contributed by atoms with Crippen molar-refractivity contribution in [3.63, 3.8) is 0 Å². The zero-order valence-corrected chi connectivity index (χ0v) is 7.78. The van der Waals surface area contributed by atoms with E-state index in [-0.39, 0.29) is 0 Å². The summed E-state index contributed by atoms with van der Waals surface area (Å²) in [5, 5.41) is 2.02. The molecule has 0 radical (unpaired) electrons. The lowest BCUT2D eigenvalue weighted by Crippen LogP contribution is -1.92. The Labute approximate surface area is 75.7 Å². The molecule has 0 aliphatic heterocycles. The average Bonchev–Trinajstić information content (AvgIpc) is 2.61. The molecule has 0 spiro atoms. The largest absolute Gasteiger partial charge is 0.294 e. The Morgan fingerprint density at radius 1 is 1.42 bits per heavy atom. The molecule has 0 saturated heterocycles.